The van der Waals surface area contributed by atoms with Gasteiger partial charge in [0.2, 0.25) is 5.91 Å². The molecular weight excluding hydrogens is 454 g/mol. The zero-order valence-electron chi connectivity index (χ0n) is 17.2. The summed E-state index contributed by atoms with van der Waals surface area (Å²) in [5, 5.41) is 22.8. The fourth-order valence-electron chi connectivity index (χ4n) is 2.83. The molecule has 0 saturated heterocycles. The van der Waals surface area contributed by atoms with Gasteiger partial charge in [-0.15, -0.1) is 16.8 Å². The Hall–Kier alpha value is -3.37. The maximum atomic E-state index is 12.4. The summed E-state index contributed by atoms with van der Waals surface area (Å²) in [4.78, 5) is 22.8. The average molecular weight is 474 g/mol. The summed E-state index contributed by atoms with van der Waals surface area (Å²) in [5.41, 5.74) is 1.06. The second-order valence-electron chi connectivity index (χ2n) is 6.58. The lowest BCUT2D eigenvalue weighted by Gasteiger charge is -2.09. The number of ether oxygens (including phenoxy) is 1. The number of anilines is 1. The minimum Gasteiger partial charge on any atom is -0.497 e. The third-order valence-corrected chi connectivity index (χ3v) is 5.69. The van der Waals surface area contributed by atoms with Gasteiger partial charge in [0, 0.05) is 25.1 Å². The molecule has 0 aliphatic heterocycles. The Morgan fingerprint density at radius 3 is 2.72 bits per heavy atom. The summed E-state index contributed by atoms with van der Waals surface area (Å²) < 4.78 is 7.06. The first-order valence-corrected chi connectivity index (χ1v) is 10.8. The van der Waals surface area contributed by atoms with Gasteiger partial charge in [-0.05, 0) is 23.8 Å². The molecule has 0 atom stereocenters. The molecule has 3 aromatic rings. The normalized spacial score (nSPS) is 10.6. The second-order valence-corrected chi connectivity index (χ2v) is 7.93. The number of allylic oxidation sites excluding steroid dienone is 1. The van der Waals surface area contributed by atoms with E-state index in [0.29, 0.717) is 18.1 Å². The third kappa shape index (κ3) is 5.86. The molecule has 1 heterocycles. The van der Waals surface area contributed by atoms with Crippen LogP contribution in [0.2, 0.25) is 5.02 Å². The number of methoxy groups -OCH3 is 1. The van der Waals surface area contributed by atoms with Gasteiger partial charge in [-0.2, -0.15) is 0 Å². The number of nitrogens with zero attached hydrogens (tertiary/aromatic N) is 4. The first-order valence-electron chi connectivity index (χ1n) is 9.43. The van der Waals surface area contributed by atoms with Crippen LogP contribution >= 0.6 is 23.4 Å². The van der Waals surface area contributed by atoms with Crippen molar-refractivity contribution in [1.29, 1.82) is 0 Å². The number of amides is 1. The van der Waals surface area contributed by atoms with Crippen molar-refractivity contribution in [2.24, 2.45) is 0 Å². The molecule has 1 aromatic heterocycles. The van der Waals surface area contributed by atoms with Crippen LogP contribution in [-0.2, 0) is 17.8 Å². The predicted octanol–water partition coefficient (Wildman–Crippen LogP) is 4.36. The number of rotatable bonds is 10. The highest BCUT2D eigenvalue weighted by molar-refractivity contribution is 7.99. The highest BCUT2D eigenvalue weighted by Crippen LogP contribution is 2.27. The van der Waals surface area contributed by atoms with Gasteiger partial charge < -0.3 is 14.6 Å². The molecule has 11 heteroatoms. The van der Waals surface area contributed by atoms with E-state index >= 15 is 0 Å². The van der Waals surface area contributed by atoms with Crippen molar-refractivity contribution >= 4 is 40.6 Å². The lowest BCUT2D eigenvalue weighted by molar-refractivity contribution is -0.384. The van der Waals surface area contributed by atoms with E-state index in [4.69, 9.17) is 16.3 Å². The minimum absolute atomic E-state index is 0.0246. The molecule has 0 saturated carbocycles. The van der Waals surface area contributed by atoms with Crippen molar-refractivity contribution in [1.82, 2.24) is 14.8 Å². The zero-order chi connectivity index (χ0) is 23.1. The van der Waals surface area contributed by atoms with Crippen molar-refractivity contribution in [2.45, 2.75) is 18.1 Å². The number of hydrogen-bond acceptors (Lipinski definition) is 7. The molecule has 0 unspecified atom stereocenters. The highest BCUT2D eigenvalue weighted by Gasteiger charge is 2.16. The number of halogens is 1. The molecule has 3 rings (SSSR count). The number of benzene rings is 2. The van der Waals surface area contributed by atoms with Crippen LogP contribution in [0, 0.1) is 10.1 Å². The topological polar surface area (TPSA) is 112 Å². The predicted molar refractivity (Wildman–Crippen MR) is 123 cm³/mol. The number of thioether (sulfide) groups is 1. The van der Waals surface area contributed by atoms with E-state index in [9.17, 15) is 14.9 Å². The Morgan fingerprint density at radius 1 is 1.31 bits per heavy atom. The largest absolute Gasteiger partial charge is 0.497 e. The maximum absolute atomic E-state index is 12.4. The molecule has 0 aliphatic rings. The SMILES string of the molecule is C=CCn1c(Cc2ccc(OC)cc2)nnc1SCC(=O)Nc1cc([N+](=O)[O-])ccc1Cl. The molecule has 0 bridgehead atoms. The molecule has 32 heavy (non-hydrogen) atoms. The van der Waals surface area contributed by atoms with E-state index in [1.165, 1.54) is 30.0 Å². The van der Waals surface area contributed by atoms with Crippen LogP contribution in [0.4, 0.5) is 11.4 Å². The summed E-state index contributed by atoms with van der Waals surface area (Å²) in [6.45, 7) is 4.26. The molecule has 2 aromatic carbocycles. The number of carbonyl (C=O) groups excluding carboxylic acids is 1. The molecule has 0 radical (unpaired) electrons. The van der Waals surface area contributed by atoms with Crippen LogP contribution in [0.1, 0.15) is 11.4 Å². The van der Waals surface area contributed by atoms with E-state index < -0.39 is 4.92 Å². The molecule has 0 fully saturated rings. The number of aromatic nitrogens is 3. The van der Waals surface area contributed by atoms with E-state index in [1.54, 1.807) is 13.2 Å². The lowest BCUT2D eigenvalue weighted by atomic mass is 10.1. The van der Waals surface area contributed by atoms with Crippen molar-refractivity contribution < 1.29 is 14.5 Å². The molecule has 1 N–H and O–H groups in total. The lowest BCUT2D eigenvalue weighted by Crippen LogP contribution is -2.15. The van der Waals surface area contributed by atoms with Crippen molar-refractivity contribution in [3.8, 4) is 5.75 Å². The van der Waals surface area contributed by atoms with Crippen LogP contribution in [0.25, 0.3) is 0 Å². The van der Waals surface area contributed by atoms with E-state index in [-0.39, 0.29) is 28.1 Å². The number of carbonyl (C=O) groups is 1. The third-order valence-electron chi connectivity index (χ3n) is 4.39. The summed E-state index contributed by atoms with van der Waals surface area (Å²) in [6.07, 6.45) is 2.29. The van der Waals surface area contributed by atoms with Gasteiger partial charge in [-0.25, -0.2) is 0 Å². The quantitative estimate of drug-likeness (QED) is 0.201. The Labute approximate surface area is 193 Å². The van der Waals surface area contributed by atoms with Gasteiger partial charge in [0.25, 0.3) is 5.69 Å². The Balaban J connectivity index is 1.68. The number of hydrogen-bond donors (Lipinski definition) is 1. The van der Waals surface area contributed by atoms with Crippen molar-refractivity contribution in [2.75, 3.05) is 18.2 Å². The molecular formula is C21H20ClN5O4S. The number of nitrogens with one attached hydrogen (secondary N) is 1. The molecule has 0 spiro atoms. The number of nitro benzene ring substituents is 1. The molecule has 0 aliphatic carbocycles. The fraction of sp³-hybridized carbons (Fsp3) is 0.190. The standard InChI is InChI=1S/C21H20ClN5O4S/c1-3-10-26-19(11-14-4-7-16(31-2)8-5-14)24-25-21(26)32-13-20(28)23-18-12-15(27(29)30)6-9-17(18)22/h3-9,12H,1,10-11,13H2,2H3,(H,23,28). The van der Waals surface area contributed by atoms with Crippen molar-refractivity contribution in [3.63, 3.8) is 0 Å². The smallest absolute Gasteiger partial charge is 0.271 e. The van der Waals surface area contributed by atoms with E-state index in [1.807, 2.05) is 28.8 Å². The van der Waals surface area contributed by atoms with Gasteiger partial charge >= 0.3 is 0 Å². The van der Waals surface area contributed by atoms with Gasteiger partial charge in [-0.1, -0.05) is 41.6 Å². The second kappa shape index (κ2) is 10.8. The van der Waals surface area contributed by atoms with E-state index in [2.05, 4.69) is 22.1 Å². The molecule has 1 amide bonds. The van der Waals surface area contributed by atoms with Gasteiger partial charge in [0.15, 0.2) is 5.16 Å². The Bertz CT molecular complexity index is 1130. The van der Waals surface area contributed by atoms with Crippen LogP contribution in [-0.4, -0.2) is 38.5 Å². The van der Waals surface area contributed by atoms with Gasteiger partial charge in [0.1, 0.15) is 11.6 Å². The summed E-state index contributed by atoms with van der Waals surface area (Å²) >= 11 is 7.24. The first-order chi connectivity index (χ1) is 15.4. The van der Waals surface area contributed by atoms with Gasteiger partial charge in [0.05, 0.1) is 28.5 Å². The van der Waals surface area contributed by atoms with E-state index in [0.717, 1.165) is 17.1 Å². The highest BCUT2D eigenvalue weighted by atomic mass is 35.5. The summed E-state index contributed by atoms with van der Waals surface area (Å²) in [6, 6.07) is 11.5. The molecule has 166 valence electrons. The number of nitro groups is 1. The van der Waals surface area contributed by atoms with Crippen LogP contribution in [0.3, 0.4) is 0 Å². The summed E-state index contributed by atoms with van der Waals surface area (Å²) in [7, 11) is 1.61. The van der Waals surface area contributed by atoms with Crippen LogP contribution < -0.4 is 10.1 Å². The average Bonchev–Trinajstić information content (AvgIpc) is 3.15. The number of non-ortho nitro benzene ring substituents is 1. The fourth-order valence-corrected chi connectivity index (χ4v) is 3.77. The van der Waals surface area contributed by atoms with Crippen LogP contribution in [0.15, 0.2) is 60.3 Å². The summed E-state index contributed by atoms with van der Waals surface area (Å²) in [5.74, 6) is 1.16. The Morgan fingerprint density at radius 2 is 2.06 bits per heavy atom. The van der Waals surface area contributed by atoms with Crippen LogP contribution in [0.5, 0.6) is 5.75 Å². The maximum Gasteiger partial charge on any atom is 0.271 e. The zero-order valence-corrected chi connectivity index (χ0v) is 18.7. The monoisotopic (exact) mass is 473 g/mol. The molecule has 9 nitrogen and oxygen atoms in total. The van der Waals surface area contributed by atoms with Crippen molar-refractivity contribution in [3.05, 3.63) is 81.6 Å². The Kier molecular flexibility index (Phi) is 7.85. The minimum atomic E-state index is -0.553. The first kappa shape index (κ1) is 23.3. The van der Waals surface area contributed by atoms with Gasteiger partial charge in [-0.3, -0.25) is 14.9 Å².